The van der Waals surface area contributed by atoms with E-state index >= 15 is 0 Å². The predicted molar refractivity (Wildman–Crippen MR) is 93.1 cm³/mol. The number of carbonyl (C=O) groups excluding carboxylic acids is 3. The summed E-state index contributed by atoms with van der Waals surface area (Å²) in [5, 5.41) is 2.49. The van der Waals surface area contributed by atoms with Crippen molar-refractivity contribution in [2.24, 2.45) is 0 Å². The van der Waals surface area contributed by atoms with Crippen molar-refractivity contribution in [3.05, 3.63) is 30.3 Å². The van der Waals surface area contributed by atoms with E-state index in [0.717, 1.165) is 0 Å². The van der Waals surface area contributed by atoms with Crippen molar-refractivity contribution in [2.75, 3.05) is 23.0 Å². The normalized spacial score (nSPS) is 24.1. The van der Waals surface area contributed by atoms with Crippen molar-refractivity contribution in [1.82, 2.24) is 5.32 Å². The number of anilines is 1. The Morgan fingerprint density at radius 1 is 1.19 bits per heavy atom. The lowest BCUT2D eigenvalue weighted by atomic mass is 10.2. The molecule has 2 atom stereocenters. The van der Waals surface area contributed by atoms with Crippen LogP contribution in [-0.4, -0.2) is 56.4 Å². The van der Waals surface area contributed by atoms with Crippen LogP contribution < -0.4 is 10.2 Å². The molecule has 2 fully saturated rings. The summed E-state index contributed by atoms with van der Waals surface area (Å²) in [5.74, 6) is -1.45. The second kappa shape index (κ2) is 7.45. The average molecular weight is 380 g/mol. The Morgan fingerprint density at radius 2 is 1.92 bits per heavy atom. The van der Waals surface area contributed by atoms with E-state index in [0.29, 0.717) is 18.5 Å². The molecule has 26 heavy (non-hydrogen) atoms. The van der Waals surface area contributed by atoms with Gasteiger partial charge in [0.05, 0.1) is 17.5 Å². The third kappa shape index (κ3) is 4.21. The lowest BCUT2D eigenvalue weighted by molar-refractivity contribution is -0.150. The number of para-hydroxylation sites is 1. The van der Waals surface area contributed by atoms with Crippen molar-refractivity contribution < 1.29 is 27.5 Å². The summed E-state index contributed by atoms with van der Waals surface area (Å²) < 4.78 is 28.7. The number of esters is 1. The van der Waals surface area contributed by atoms with Crippen LogP contribution in [0, 0.1) is 0 Å². The molecule has 1 aromatic carbocycles. The first-order valence-electron chi connectivity index (χ1n) is 8.39. The molecule has 2 aliphatic rings. The molecule has 0 aromatic heterocycles. The van der Waals surface area contributed by atoms with Gasteiger partial charge in [-0.2, -0.15) is 0 Å². The molecular formula is C17H20N2O6S. The van der Waals surface area contributed by atoms with Crippen LogP contribution in [0.5, 0.6) is 0 Å². The minimum absolute atomic E-state index is 0.0299. The molecule has 0 unspecified atom stereocenters. The van der Waals surface area contributed by atoms with Crippen molar-refractivity contribution in [1.29, 1.82) is 0 Å². The van der Waals surface area contributed by atoms with Gasteiger partial charge in [-0.15, -0.1) is 0 Å². The van der Waals surface area contributed by atoms with Gasteiger partial charge in [-0.25, -0.2) is 13.2 Å². The molecule has 2 saturated heterocycles. The minimum atomic E-state index is -3.18. The van der Waals surface area contributed by atoms with Crippen LogP contribution in [0.25, 0.3) is 0 Å². The van der Waals surface area contributed by atoms with Crippen LogP contribution in [0.1, 0.15) is 19.3 Å². The Kier molecular flexibility index (Phi) is 5.26. The van der Waals surface area contributed by atoms with Crippen LogP contribution in [0.3, 0.4) is 0 Å². The second-order valence-corrected chi connectivity index (χ2v) is 8.65. The van der Waals surface area contributed by atoms with Crippen molar-refractivity contribution >= 4 is 33.3 Å². The Morgan fingerprint density at radius 3 is 2.50 bits per heavy atom. The van der Waals surface area contributed by atoms with Gasteiger partial charge < -0.3 is 15.0 Å². The van der Waals surface area contributed by atoms with Gasteiger partial charge in [-0.3, -0.25) is 9.59 Å². The number of sulfone groups is 1. The average Bonchev–Trinajstić information content (AvgIpc) is 3.19. The van der Waals surface area contributed by atoms with Crippen molar-refractivity contribution in [2.45, 2.75) is 31.3 Å². The predicted octanol–water partition coefficient (Wildman–Crippen LogP) is 0.0285. The van der Waals surface area contributed by atoms with Crippen molar-refractivity contribution in [3.63, 3.8) is 0 Å². The van der Waals surface area contributed by atoms with Gasteiger partial charge in [-0.05, 0) is 25.0 Å². The zero-order valence-corrected chi connectivity index (χ0v) is 14.9. The largest absolute Gasteiger partial charge is 0.454 e. The van der Waals surface area contributed by atoms with E-state index in [1.165, 1.54) is 4.90 Å². The molecular weight excluding hydrogens is 360 g/mol. The topological polar surface area (TPSA) is 110 Å². The Balaban J connectivity index is 1.69. The summed E-state index contributed by atoms with van der Waals surface area (Å²) in [6, 6.07) is 7.50. The number of nitrogens with zero attached hydrogens (tertiary/aromatic N) is 1. The number of amides is 2. The molecule has 0 radical (unpaired) electrons. The zero-order valence-electron chi connectivity index (χ0n) is 14.1. The van der Waals surface area contributed by atoms with E-state index in [9.17, 15) is 22.8 Å². The van der Waals surface area contributed by atoms with Crippen LogP contribution in [0.15, 0.2) is 30.3 Å². The van der Waals surface area contributed by atoms with Crippen LogP contribution in [0.2, 0.25) is 0 Å². The molecule has 3 rings (SSSR count). The Bertz CT molecular complexity index is 808. The highest BCUT2D eigenvalue weighted by Crippen LogP contribution is 2.24. The lowest BCUT2D eigenvalue weighted by Crippen LogP contribution is -2.44. The maximum absolute atomic E-state index is 12.7. The fourth-order valence-electron chi connectivity index (χ4n) is 3.22. The number of carbonyl (C=O) groups is 3. The first-order valence-corrected chi connectivity index (χ1v) is 10.2. The van der Waals surface area contributed by atoms with Crippen LogP contribution in [-0.2, 0) is 29.0 Å². The molecule has 9 heteroatoms. The van der Waals surface area contributed by atoms with E-state index < -0.39 is 40.4 Å². The van der Waals surface area contributed by atoms with Gasteiger partial charge in [0.1, 0.15) is 6.04 Å². The van der Waals surface area contributed by atoms with Gasteiger partial charge in [0.25, 0.3) is 5.91 Å². The zero-order chi connectivity index (χ0) is 18.7. The molecule has 0 spiro atoms. The molecule has 0 aliphatic carbocycles. The van der Waals surface area contributed by atoms with Crippen molar-refractivity contribution in [3.8, 4) is 0 Å². The summed E-state index contributed by atoms with van der Waals surface area (Å²) in [4.78, 5) is 37.2. The number of ether oxygens (including phenoxy) is 1. The lowest BCUT2D eigenvalue weighted by Gasteiger charge is -2.28. The van der Waals surface area contributed by atoms with E-state index in [4.69, 9.17) is 4.74 Å². The third-order valence-electron chi connectivity index (χ3n) is 4.49. The summed E-state index contributed by atoms with van der Waals surface area (Å²) in [5.41, 5.74) is 0.560. The first-order chi connectivity index (χ1) is 12.4. The molecule has 2 amide bonds. The monoisotopic (exact) mass is 380 g/mol. The van der Waals surface area contributed by atoms with Gasteiger partial charge in [0.15, 0.2) is 16.4 Å². The van der Waals surface area contributed by atoms with E-state index in [1.807, 2.05) is 0 Å². The van der Waals surface area contributed by atoms with Gasteiger partial charge in [-0.1, -0.05) is 18.2 Å². The molecule has 0 bridgehead atoms. The molecule has 1 N–H and O–H groups in total. The minimum Gasteiger partial charge on any atom is -0.454 e. The molecule has 1 aromatic rings. The third-order valence-corrected chi connectivity index (χ3v) is 6.24. The highest BCUT2D eigenvalue weighted by molar-refractivity contribution is 7.91. The van der Waals surface area contributed by atoms with Crippen LogP contribution in [0.4, 0.5) is 5.69 Å². The number of benzene rings is 1. The fraction of sp³-hybridized carbons (Fsp3) is 0.471. The quantitative estimate of drug-likeness (QED) is 0.722. The molecule has 0 saturated carbocycles. The molecule has 8 nitrogen and oxygen atoms in total. The smallest absolute Gasteiger partial charge is 0.329 e. The van der Waals surface area contributed by atoms with E-state index in [1.54, 1.807) is 30.3 Å². The number of hydrogen-bond donors (Lipinski definition) is 1. The summed E-state index contributed by atoms with van der Waals surface area (Å²) in [7, 11) is -3.18. The Labute approximate surface area is 151 Å². The Hall–Kier alpha value is -2.42. The maximum Gasteiger partial charge on any atom is 0.329 e. The summed E-state index contributed by atoms with van der Waals surface area (Å²) in [6.45, 7) is -0.503. The summed E-state index contributed by atoms with van der Waals surface area (Å²) >= 11 is 0. The molecule has 2 heterocycles. The fourth-order valence-corrected chi connectivity index (χ4v) is 4.92. The number of nitrogens with one attached hydrogen (secondary N) is 1. The van der Waals surface area contributed by atoms with E-state index in [2.05, 4.69) is 5.32 Å². The summed E-state index contributed by atoms with van der Waals surface area (Å²) in [6.07, 6.45) is 0.939. The highest BCUT2D eigenvalue weighted by atomic mass is 32.2. The van der Waals surface area contributed by atoms with Gasteiger partial charge >= 0.3 is 5.97 Å². The van der Waals surface area contributed by atoms with E-state index in [-0.39, 0.29) is 23.8 Å². The van der Waals surface area contributed by atoms with Gasteiger partial charge in [0, 0.05) is 12.1 Å². The van der Waals surface area contributed by atoms with Crippen LogP contribution >= 0.6 is 0 Å². The molecule has 140 valence electrons. The standard InChI is InChI=1S/C17H20N2O6S/c20-15-7-6-14(18-15)17(22)25-10-16(21)19(12-4-2-1-3-5-12)13-8-9-26(23,24)11-13/h1-5,13-14H,6-11H2,(H,18,20)/t13-,14-/m0/s1. The second-order valence-electron chi connectivity index (χ2n) is 6.42. The molecule has 2 aliphatic heterocycles. The SMILES string of the molecule is O=C1CC[C@@H](C(=O)OCC(=O)N(c2ccccc2)[C@H]2CCS(=O)(=O)C2)N1. The van der Waals surface area contributed by atoms with Gasteiger partial charge in [0.2, 0.25) is 5.91 Å². The highest BCUT2D eigenvalue weighted by Gasteiger charge is 2.36. The first kappa shape index (κ1) is 18.4. The number of hydrogen-bond acceptors (Lipinski definition) is 6. The number of rotatable bonds is 5. The maximum atomic E-state index is 12.7.